The summed E-state index contributed by atoms with van der Waals surface area (Å²) in [7, 11) is 0. The number of hydrogen-bond donors (Lipinski definition) is 1. The molecule has 0 spiro atoms. The smallest absolute Gasteiger partial charge is 0.300 e. The van der Waals surface area contributed by atoms with E-state index in [1.54, 1.807) is 36.5 Å². The van der Waals surface area contributed by atoms with Gasteiger partial charge in [-0.1, -0.05) is 13.8 Å². The third-order valence-electron chi connectivity index (χ3n) is 2.39. The van der Waals surface area contributed by atoms with Crippen molar-refractivity contribution in [2.75, 3.05) is 0 Å². The average molecular weight is 372 g/mol. The molecule has 6 heteroatoms. The molecular weight excluding hydrogens is 355 g/mol. The molecule has 0 saturated heterocycles. The molecule has 0 aliphatic carbocycles. The molecule has 0 aliphatic rings. The molecule has 0 amide bonds. The number of benzene rings is 1. The van der Waals surface area contributed by atoms with Gasteiger partial charge in [0.2, 0.25) is 0 Å². The van der Waals surface area contributed by atoms with Crippen LogP contribution in [0.2, 0.25) is 0 Å². The number of aromatic nitrogens is 3. The topological polar surface area (TPSA) is 67.9 Å². The first kappa shape index (κ1) is 20.4. The zero-order valence-electron chi connectivity index (χ0n) is 12.8. The fourth-order valence-corrected chi connectivity index (χ4v) is 1.57. The second-order valence-electron chi connectivity index (χ2n) is 3.60. The molecule has 113 valence electrons. The molecule has 0 unspecified atom stereocenters. The van der Waals surface area contributed by atoms with Crippen molar-refractivity contribution >= 4 is 10.9 Å². The molecular formula is C16H17N3O2Y-2. The van der Waals surface area contributed by atoms with E-state index in [9.17, 15) is 4.79 Å². The van der Waals surface area contributed by atoms with Gasteiger partial charge < -0.3 is 12.2 Å². The molecule has 3 rings (SSSR count). The van der Waals surface area contributed by atoms with Gasteiger partial charge in [0.05, 0.1) is 17.1 Å². The molecule has 1 radical (unpaired) electrons. The molecule has 22 heavy (non-hydrogen) atoms. The molecule has 2 heterocycles. The Morgan fingerprint density at radius 2 is 1.86 bits per heavy atom. The number of H-pyrrole nitrogens is 1. The zero-order chi connectivity index (χ0) is 14.4. The van der Waals surface area contributed by atoms with Crippen molar-refractivity contribution in [3.05, 3.63) is 66.6 Å². The molecule has 1 aromatic carbocycles. The van der Waals surface area contributed by atoms with Crippen LogP contribution in [0.5, 0.6) is 11.8 Å². The Morgan fingerprint density at radius 1 is 1.18 bits per heavy atom. The van der Waals surface area contributed by atoms with Crippen molar-refractivity contribution in [1.29, 1.82) is 0 Å². The van der Waals surface area contributed by atoms with E-state index < -0.39 is 0 Å². The quantitative estimate of drug-likeness (QED) is 0.701. The number of aromatic amines is 1. The van der Waals surface area contributed by atoms with Crippen molar-refractivity contribution in [3.8, 4) is 11.8 Å². The number of nitrogens with zero attached hydrogens (tertiary/aromatic N) is 2. The molecule has 0 fully saturated rings. The Morgan fingerprint density at radius 3 is 2.55 bits per heavy atom. The van der Waals surface area contributed by atoms with Crippen LogP contribution in [-0.4, -0.2) is 15.0 Å². The Hall–Kier alpha value is -1.59. The number of hydrogen-bond acceptors (Lipinski definition) is 4. The number of rotatable bonds is 2. The van der Waals surface area contributed by atoms with Gasteiger partial charge in [0.15, 0.2) is 0 Å². The average Bonchev–Trinajstić information content (AvgIpc) is 2.50. The van der Waals surface area contributed by atoms with Crippen molar-refractivity contribution < 1.29 is 37.4 Å². The Bertz CT molecular complexity index is 745. The predicted octanol–water partition coefficient (Wildman–Crippen LogP) is 3.38. The maximum Gasteiger partial charge on any atom is 0.300 e. The largest absolute Gasteiger partial charge is 0.452 e. The van der Waals surface area contributed by atoms with Crippen LogP contribution in [0, 0.1) is 13.5 Å². The Kier molecular flexibility index (Phi) is 9.46. The second kappa shape index (κ2) is 10.2. The maximum atomic E-state index is 11.8. The zero-order valence-corrected chi connectivity index (χ0v) is 15.7. The number of fused-ring (bicyclic) bond motifs is 1. The molecule has 3 aromatic rings. The minimum atomic E-state index is -0.250. The summed E-state index contributed by atoms with van der Waals surface area (Å²) in [4.78, 5) is 22.5. The summed E-state index contributed by atoms with van der Waals surface area (Å²) < 4.78 is 5.45. The molecule has 0 aliphatic heterocycles. The van der Waals surface area contributed by atoms with Gasteiger partial charge in [-0.05, 0) is 6.07 Å². The van der Waals surface area contributed by atoms with Gasteiger partial charge >= 0.3 is 6.01 Å². The molecule has 1 N–H and O–H groups in total. The van der Waals surface area contributed by atoms with E-state index in [0.717, 1.165) is 0 Å². The van der Waals surface area contributed by atoms with E-state index in [1.807, 2.05) is 13.8 Å². The van der Waals surface area contributed by atoms with Gasteiger partial charge in [-0.3, -0.25) is 14.8 Å². The van der Waals surface area contributed by atoms with Crippen LogP contribution in [-0.2, 0) is 32.7 Å². The molecule has 0 atom stereocenters. The predicted molar refractivity (Wildman–Crippen MR) is 83.3 cm³/mol. The van der Waals surface area contributed by atoms with Crippen LogP contribution in [0.15, 0.2) is 47.5 Å². The minimum absolute atomic E-state index is 0. The van der Waals surface area contributed by atoms with Crippen molar-refractivity contribution in [1.82, 2.24) is 15.0 Å². The summed E-state index contributed by atoms with van der Waals surface area (Å²) in [5.74, 6) is 0.583. The molecule has 0 bridgehead atoms. The Labute approximate surface area is 155 Å². The first-order valence-electron chi connectivity index (χ1n) is 6.31. The maximum absolute atomic E-state index is 11.8. The van der Waals surface area contributed by atoms with E-state index in [4.69, 9.17) is 4.74 Å². The first-order valence-corrected chi connectivity index (χ1v) is 6.31. The normalized spacial score (nSPS) is 8.82. The van der Waals surface area contributed by atoms with Crippen molar-refractivity contribution in [2.45, 2.75) is 13.8 Å². The monoisotopic (exact) mass is 372 g/mol. The van der Waals surface area contributed by atoms with Gasteiger partial charge in [0.1, 0.15) is 0 Å². The van der Waals surface area contributed by atoms with Gasteiger partial charge in [0.25, 0.3) is 5.56 Å². The second-order valence-corrected chi connectivity index (χ2v) is 3.60. The van der Waals surface area contributed by atoms with E-state index >= 15 is 0 Å². The summed E-state index contributed by atoms with van der Waals surface area (Å²) in [5, 5.41) is 0.485. The van der Waals surface area contributed by atoms with E-state index in [0.29, 0.717) is 16.7 Å². The summed E-state index contributed by atoms with van der Waals surface area (Å²) in [6.07, 6.45) is 3.07. The van der Waals surface area contributed by atoms with Crippen LogP contribution in [0.1, 0.15) is 13.8 Å². The van der Waals surface area contributed by atoms with Gasteiger partial charge in [-0.15, -0.1) is 12.1 Å². The summed E-state index contributed by atoms with van der Waals surface area (Å²) in [6.45, 7) is 4.00. The standard InChI is InChI=1S/C13H8N3O2.C2H6.CH3.Y/c17-12-10-6-7-14-8-11(10)15-13(16-12)18-9-4-2-1-3-5-9;1-2;;/h2-8H,(H,15,16,17);1-2H3;1H3;/q-1;;-1;. The van der Waals surface area contributed by atoms with Crippen LogP contribution in [0.3, 0.4) is 0 Å². The molecule has 2 aromatic heterocycles. The number of nitrogens with one attached hydrogen (secondary N) is 1. The van der Waals surface area contributed by atoms with Crippen LogP contribution < -0.4 is 10.3 Å². The van der Waals surface area contributed by atoms with Crippen molar-refractivity contribution in [2.24, 2.45) is 0 Å². The SMILES string of the molecule is CC.O=c1[nH]c(Oc2cc[c-]cc2)nc2cnccc12.[CH3-].[Y]. The molecule has 0 saturated carbocycles. The number of pyridine rings is 1. The Balaban J connectivity index is 0.00000106. The van der Waals surface area contributed by atoms with Gasteiger partial charge in [0, 0.05) is 44.7 Å². The third-order valence-corrected chi connectivity index (χ3v) is 2.39. The van der Waals surface area contributed by atoms with E-state index in [2.05, 4.69) is 21.0 Å². The molecule has 5 nitrogen and oxygen atoms in total. The van der Waals surface area contributed by atoms with Crippen molar-refractivity contribution in [3.63, 3.8) is 0 Å². The van der Waals surface area contributed by atoms with Gasteiger partial charge in [-0.2, -0.15) is 23.2 Å². The summed E-state index contributed by atoms with van der Waals surface area (Å²) in [6, 6.07) is 11.5. The summed E-state index contributed by atoms with van der Waals surface area (Å²) in [5.41, 5.74) is 0.249. The first-order chi connectivity index (χ1) is 9.83. The third kappa shape index (κ3) is 5.00. The van der Waals surface area contributed by atoms with Gasteiger partial charge in [-0.25, -0.2) is 0 Å². The van der Waals surface area contributed by atoms with Crippen LogP contribution in [0.4, 0.5) is 0 Å². The van der Waals surface area contributed by atoms with E-state index in [-0.39, 0.29) is 51.7 Å². The summed E-state index contributed by atoms with van der Waals surface area (Å²) >= 11 is 0. The van der Waals surface area contributed by atoms with Crippen LogP contribution >= 0.6 is 0 Å². The van der Waals surface area contributed by atoms with E-state index in [1.165, 1.54) is 6.20 Å². The fourth-order valence-electron chi connectivity index (χ4n) is 1.57. The van der Waals surface area contributed by atoms with Crippen LogP contribution in [0.25, 0.3) is 10.9 Å². The fraction of sp³-hybridized carbons (Fsp3) is 0.125. The minimum Gasteiger partial charge on any atom is -0.452 e. The number of ether oxygens (including phenoxy) is 1.